The second kappa shape index (κ2) is 5.80. The Bertz CT molecular complexity index is 740. The smallest absolute Gasteiger partial charge is 0.300 e. The molecule has 0 aliphatic rings. The number of benzene rings is 1. The van der Waals surface area contributed by atoms with E-state index in [2.05, 4.69) is 10.3 Å². The molecule has 0 fully saturated rings. The SMILES string of the molecule is O=C(Nc1ccc(F)cc1F)c1cc(Cl)ncc1[N+](=O)[O-]. The molecule has 1 aromatic carbocycles. The van der Waals surface area contributed by atoms with E-state index in [1.807, 2.05) is 0 Å². The Hall–Kier alpha value is -2.61. The first kappa shape index (κ1) is 14.8. The zero-order valence-corrected chi connectivity index (χ0v) is 10.9. The van der Waals surface area contributed by atoms with Gasteiger partial charge in [0.15, 0.2) is 0 Å². The molecule has 0 atom stereocenters. The number of carbonyl (C=O) groups is 1. The van der Waals surface area contributed by atoms with Gasteiger partial charge in [0.25, 0.3) is 11.6 Å². The Morgan fingerprint density at radius 3 is 2.67 bits per heavy atom. The zero-order chi connectivity index (χ0) is 15.6. The second-order valence-electron chi connectivity index (χ2n) is 3.86. The van der Waals surface area contributed by atoms with Crippen LogP contribution in [0.3, 0.4) is 0 Å². The molecule has 9 heteroatoms. The van der Waals surface area contributed by atoms with Crippen LogP contribution in [0, 0.1) is 21.7 Å². The van der Waals surface area contributed by atoms with Crippen molar-refractivity contribution in [2.75, 3.05) is 5.32 Å². The summed E-state index contributed by atoms with van der Waals surface area (Å²) in [6.07, 6.45) is 0.818. The maximum Gasteiger partial charge on any atom is 0.300 e. The van der Waals surface area contributed by atoms with Gasteiger partial charge >= 0.3 is 0 Å². The number of anilines is 1. The van der Waals surface area contributed by atoms with Crippen molar-refractivity contribution in [2.45, 2.75) is 0 Å². The van der Waals surface area contributed by atoms with Crippen molar-refractivity contribution in [1.29, 1.82) is 0 Å². The maximum atomic E-state index is 13.4. The van der Waals surface area contributed by atoms with Crippen LogP contribution in [0.1, 0.15) is 10.4 Å². The number of nitrogens with one attached hydrogen (secondary N) is 1. The number of pyridine rings is 1. The molecule has 1 N–H and O–H groups in total. The van der Waals surface area contributed by atoms with Crippen molar-refractivity contribution in [3.8, 4) is 0 Å². The number of halogens is 3. The van der Waals surface area contributed by atoms with Gasteiger partial charge in [0, 0.05) is 6.07 Å². The summed E-state index contributed by atoms with van der Waals surface area (Å²) in [5.41, 5.74) is -1.29. The third-order valence-electron chi connectivity index (χ3n) is 2.47. The van der Waals surface area contributed by atoms with Crippen LogP contribution in [-0.2, 0) is 0 Å². The minimum Gasteiger partial charge on any atom is -0.319 e. The highest BCUT2D eigenvalue weighted by molar-refractivity contribution is 6.30. The highest BCUT2D eigenvalue weighted by Gasteiger charge is 2.22. The second-order valence-corrected chi connectivity index (χ2v) is 4.25. The van der Waals surface area contributed by atoms with Crippen LogP contribution < -0.4 is 5.32 Å². The summed E-state index contributed by atoms with van der Waals surface area (Å²) in [6, 6.07) is 3.49. The summed E-state index contributed by atoms with van der Waals surface area (Å²) >= 11 is 5.58. The molecule has 0 aliphatic carbocycles. The molecule has 0 aliphatic heterocycles. The first-order valence-electron chi connectivity index (χ1n) is 5.45. The van der Waals surface area contributed by atoms with Crippen molar-refractivity contribution in [3.05, 3.63) is 62.9 Å². The van der Waals surface area contributed by atoms with Crippen molar-refractivity contribution < 1.29 is 18.5 Å². The molecule has 0 saturated carbocycles. The highest BCUT2D eigenvalue weighted by Crippen LogP contribution is 2.22. The quantitative estimate of drug-likeness (QED) is 0.536. The van der Waals surface area contributed by atoms with E-state index in [0.717, 1.165) is 24.4 Å². The standard InChI is InChI=1S/C12H6ClF2N3O3/c13-11-4-7(10(5-16-11)18(20)21)12(19)17-9-2-1-6(14)3-8(9)15/h1-5H,(H,17,19). The van der Waals surface area contributed by atoms with E-state index in [-0.39, 0.29) is 16.4 Å². The Morgan fingerprint density at radius 1 is 1.33 bits per heavy atom. The molecule has 0 spiro atoms. The fourth-order valence-electron chi connectivity index (χ4n) is 1.53. The summed E-state index contributed by atoms with van der Waals surface area (Å²) in [7, 11) is 0. The lowest BCUT2D eigenvalue weighted by Gasteiger charge is -2.07. The Morgan fingerprint density at radius 2 is 2.05 bits per heavy atom. The molecular weight excluding hydrogens is 308 g/mol. The van der Waals surface area contributed by atoms with E-state index < -0.39 is 28.2 Å². The van der Waals surface area contributed by atoms with Crippen LogP contribution in [0.2, 0.25) is 5.15 Å². The monoisotopic (exact) mass is 313 g/mol. The molecule has 0 bridgehead atoms. The lowest BCUT2D eigenvalue weighted by Crippen LogP contribution is -2.15. The third kappa shape index (κ3) is 3.29. The number of aromatic nitrogens is 1. The Kier molecular flexibility index (Phi) is 4.08. The molecule has 6 nitrogen and oxygen atoms in total. The molecule has 1 heterocycles. The Balaban J connectivity index is 2.36. The summed E-state index contributed by atoms with van der Waals surface area (Å²) in [6.45, 7) is 0. The van der Waals surface area contributed by atoms with Crippen molar-refractivity contribution in [2.24, 2.45) is 0 Å². The normalized spacial score (nSPS) is 10.2. The van der Waals surface area contributed by atoms with Crippen molar-refractivity contribution in [3.63, 3.8) is 0 Å². The Labute approximate surface area is 121 Å². The van der Waals surface area contributed by atoms with E-state index >= 15 is 0 Å². The zero-order valence-electron chi connectivity index (χ0n) is 10.1. The van der Waals surface area contributed by atoms with E-state index in [1.54, 1.807) is 0 Å². The number of nitro groups is 1. The summed E-state index contributed by atoms with van der Waals surface area (Å²) in [5, 5.41) is 12.8. The fraction of sp³-hybridized carbons (Fsp3) is 0. The third-order valence-corrected chi connectivity index (χ3v) is 2.68. The minimum atomic E-state index is -1.01. The van der Waals surface area contributed by atoms with Gasteiger partial charge in [-0.15, -0.1) is 0 Å². The minimum absolute atomic E-state index is 0.134. The molecule has 1 amide bonds. The number of hydrogen-bond donors (Lipinski definition) is 1. The molecule has 21 heavy (non-hydrogen) atoms. The van der Waals surface area contributed by atoms with Crippen molar-refractivity contribution in [1.82, 2.24) is 4.98 Å². The molecule has 0 saturated heterocycles. The lowest BCUT2D eigenvalue weighted by atomic mass is 10.2. The van der Waals surface area contributed by atoms with Crippen LogP contribution >= 0.6 is 11.6 Å². The molecule has 0 radical (unpaired) electrons. The molecule has 2 rings (SSSR count). The molecule has 1 aromatic heterocycles. The highest BCUT2D eigenvalue weighted by atomic mass is 35.5. The maximum absolute atomic E-state index is 13.4. The van der Waals surface area contributed by atoms with Gasteiger partial charge in [0.05, 0.1) is 10.6 Å². The molecular formula is C12H6ClF2N3O3. The van der Waals surface area contributed by atoms with Crippen LogP contribution in [0.5, 0.6) is 0 Å². The first-order chi connectivity index (χ1) is 9.88. The van der Waals surface area contributed by atoms with Gasteiger partial charge < -0.3 is 5.32 Å². The molecule has 2 aromatic rings. The van der Waals surface area contributed by atoms with Gasteiger partial charge in [0.1, 0.15) is 28.5 Å². The fourth-order valence-corrected chi connectivity index (χ4v) is 1.69. The van der Waals surface area contributed by atoms with E-state index in [1.165, 1.54) is 0 Å². The number of hydrogen-bond acceptors (Lipinski definition) is 4. The van der Waals surface area contributed by atoms with Gasteiger partial charge in [-0.2, -0.15) is 0 Å². The topological polar surface area (TPSA) is 85.1 Å². The lowest BCUT2D eigenvalue weighted by molar-refractivity contribution is -0.385. The first-order valence-corrected chi connectivity index (χ1v) is 5.82. The van der Waals surface area contributed by atoms with E-state index in [4.69, 9.17) is 11.6 Å². The predicted octanol–water partition coefficient (Wildman–Crippen LogP) is 3.17. The van der Waals surface area contributed by atoms with Crippen LogP contribution in [0.25, 0.3) is 0 Å². The van der Waals surface area contributed by atoms with Gasteiger partial charge in [-0.05, 0) is 18.2 Å². The summed E-state index contributed by atoms with van der Waals surface area (Å²) in [5.74, 6) is -2.79. The van der Waals surface area contributed by atoms with Gasteiger partial charge in [-0.1, -0.05) is 11.6 Å². The number of rotatable bonds is 3. The van der Waals surface area contributed by atoms with Gasteiger partial charge in [0.2, 0.25) is 0 Å². The summed E-state index contributed by atoms with van der Waals surface area (Å²) < 4.78 is 26.2. The number of carbonyl (C=O) groups excluding carboxylic acids is 1. The average Bonchev–Trinajstić information content (AvgIpc) is 2.41. The van der Waals surface area contributed by atoms with Crippen LogP contribution in [0.15, 0.2) is 30.5 Å². The summed E-state index contributed by atoms with van der Waals surface area (Å²) in [4.78, 5) is 25.5. The van der Waals surface area contributed by atoms with Gasteiger partial charge in [-0.25, -0.2) is 13.8 Å². The van der Waals surface area contributed by atoms with E-state index in [9.17, 15) is 23.7 Å². The van der Waals surface area contributed by atoms with Crippen LogP contribution in [-0.4, -0.2) is 15.8 Å². The number of nitrogens with zero attached hydrogens (tertiary/aromatic N) is 2. The van der Waals surface area contributed by atoms with Gasteiger partial charge in [-0.3, -0.25) is 14.9 Å². The molecule has 108 valence electrons. The number of amides is 1. The van der Waals surface area contributed by atoms with E-state index in [0.29, 0.717) is 6.07 Å². The molecule has 0 unspecified atom stereocenters. The average molecular weight is 314 g/mol. The predicted molar refractivity (Wildman–Crippen MR) is 70.2 cm³/mol. The van der Waals surface area contributed by atoms with Crippen LogP contribution in [0.4, 0.5) is 20.2 Å². The van der Waals surface area contributed by atoms with Crippen molar-refractivity contribution >= 4 is 28.9 Å². The largest absolute Gasteiger partial charge is 0.319 e.